The number of anilines is 1. The zero-order valence-corrected chi connectivity index (χ0v) is 25.4. The number of benzene rings is 3. The van der Waals surface area contributed by atoms with Gasteiger partial charge in [-0.1, -0.05) is 65.7 Å². The molecule has 42 heavy (non-hydrogen) atoms. The van der Waals surface area contributed by atoms with Gasteiger partial charge in [-0.2, -0.15) is 13.2 Å². The number of halogens is 5. The van der Waals surface area contributed by atoms with Crippen LogP contribution in [0.1, 0.15) is 30.5 Å². The van der Waals surface area contributed by atoms with Gasteiger partial charge in [0, 0.05) is 24.0 Å². The van der Waals surface area contributed by atoms with E-state index in [1.54, 1.807) is 68.4 Å². The van der Waals surface area contributed by atoms with E-state index < -0.39 is 56.9 Å². The number of sulfonamides is 1. The number of hydrogen-bond acceptors (Lipinski definition) is 4. The van der Waals surface area contributed by atoms with Gasteiger partial charge >= 0.3 is 6.18 Å². The highest BCUT2D eigenvalue weighted by molar-refractivity contribution is 7.92. The topological polar surface area (TPSA) is 86.8 Å². The number of alkyl halides is 3. The van der Waals surface area contributed by atoms with Gasteiger partial charge in [-0.15, -0.1) is 0 Å². The number of amides is 2. The van der Waals surface area contributed by atoms with Gasteiger partial charge in [0.1, 0.15) is 12.6 Å². The Morgan fingerprint density at radius 2 is 1.57 bits per heavy atom. The van der Waals surface area contributed by atoms with Crippen molar-refractivity contribution in [2.75, 3.05) is 17.1 Å². The average Bonchev–Trinajstić information content (AvgIpc) is 2.88. The van der Waals surface area contributed by atoms with Crippen molar-refractivity contribution in [2.24, 2.45) is 0 Å². The molecule has 1 atom stereocenters. The molecule has 0 aromatic heterocycles. The number of carbonyl (C=O) groups excluding carboxylic acids is 2. The summed E-state index contributed by atoms with van der Waals surface area (Å²) in [4.78, 5) is 28.7. The van der Waals surface area contributed by atoms with E-state index >= 15 is 0 Å². The normalized spacial score (nSPS) is 12.6. The molecule has 0 aliphatic rings. The molecule has 0 saturated heterocycles. The number of hydrogen-bond donors (Lipinski definition) is 1. The fraction of sp³-hybridized carbons (Fsp3) is 0.310. The zero-order valence-electron chi connectivity index (χ0n) is 23.0. The third-order valence-corrected chi connectivity index (χ3v) is 7.87. The second-order valence-corrected chi connectivity index (χ2v) is 12.7. The van der Waals surface area contributed by atoms with Gasteiger partial charge in [-0.05, 0) is 55.3 Å². The molecule has 3 aromatic rings. The second-order valence-electron chi connectivity index (χ2n) is 9.95. The van der Waals surface area contributed by atoms with Crippen LogP contribution in [0.2, 0.25) is 10.0 Å². The first-order valence-corrected chi connectivity index (χ1v) is 15.4. The van der Waals surface area contributed by atoms with Gasteiger partial charge in [0.2, 0.25) is 21.8 Å². The van der Waals surface area contributed by atoms with Gasteiger partial charge in [0.25, 0.3) is 0 Å². The quantitative estimate of drug-likeness (QED) is 0.280. The third-order valence-electron chi connectivity index (χ3n) is 6.17. The largest absolute Gasteiger partial charge is 0.417 e. The lowest BCUT2D eigenvalue weighted by molar-refractivity contribution is -0.140. The highest BCUT2D eigenvalue weighted by atomic mass is 35.5. The highest BCUT2D eigenvalue weighted by Crippen LogP contribution is 2.37. The molecule has 0 saturated carbocycles. The van der Waals surface area contributed by atoms with E-state index in [-0.39, 0.29) is 19.0 Å². The first kappa shape index (κ1) is 33.2. The fourth-order valence-corrected chi connectivity index (χ4v) is 5.55. The van der Waals surface area contributed by atoms with Crippen LogP contribution in [0, 0.1) is 0 Å². The second kappa shape index (κ2) is 13.8. The monoisotopic (exact) mass is 643 g/mol. The van der Waals surface area contributed by atoms with Crippen molar-refractivity contribution in [1.29, 1.82) is 0 Å². The molecule has 226 valence electrons. The maximum absolute atomic E-state index is 14.0. The Morgan fingerprint density at radius 3 is 2.14 bits per heavy atom. The minimum atomic E-state index is -4.87. The lowest BCUT2D eigenvalue weighted by Gasteiger charge is -2.34. The number of nitrogens with one attached hydrogen (secondary N) is 1. The number of carbonyl (C=O) groups is 2. The van der Waals surface area contributed by atoms with Crippen molar-refractivity contribution in [3.8, 4) is 0 Å². The Balaban J connectivity index is 2.10. The van der Waals surface area contributed by atoms with Crippen LogP contribution in [0.5, 0.6) is 0 Å². The fourth-order valence-electron chi connectivity index (χ4n) is 4.27. The summed E-state index contributed by atoms with van der Waals surface area (Å²) in [6.45, 7) is 2.50. The van der Waals surface area contributed by atoms with Crippen LogP contribution in [0.4, 0.5) is 18.9 Å². The van der Waals surface area contributed by atoms with Crippen LogP contribution in [0.15, 0.2) is 72.8 Å². The van der Waals surface area contributed by atoms with Crippen molar-refractivity contribution in [2.45, 2.75) is 45.1 Å². The van der Waals surface area contributed by atoms with E-state index in [1.807, 2.05) is 0 Å². The smallest absolute Gasteiger partial charge is 0.352 e. The Hall–Kier alpha value is -3.28. The summed E-state index contributed by atoms with van der Waals surface area (Å²) in [6.07, 6.45) is -4.01. The molecule has 0 fully saturated rings. The summed E-state index contributed by atoms with van der Waals surface area (Å²) >= 11 is 11.9. The van der Waals surface area contributed by atoms with Crippen molar-refractivity contribution < 1.29 is 31.2 Å². The molecule has 7 nitrogen and oxygen atoms in total. The highest BCUT2D eigenvalue weighted by Gasteiger charge is 2.36. The van der Waals surface area contributed by atoms with E-state index in [9.17, 15) is 31.2 Å². The molecule has 3 rings (SSSR count). The molecule has 0 radical (unpaired) electrons. The van der Waals surface area contributed by atoms with Crippen LogP contribution < -0.4 is 9.62 Å². The van der Waals surface area contributed by atoms with Crippen LogP contribution >= 0.6 is 23.2 Å². The lowest BCUT2D eigenvalue weighted by Crippen LogP contribution is -2.54. The predicted octanol–water partition coefficient (Wildman–Crippen LogP) is 5.94. The predicted molar refractivity (Wildman–Crippen MR) is 158 cm³/mol. The molecule has 3 aromatic carbocycles. The van der Waals surface area contributed by atoms with Crippen LogP contribution in [-0.4, -0.2) is 50.0 Å². The van der Waals surface area contributed by atoms with Crippen molar-refractivity contribution >= 4 is 50.7 Å². The Kier molecular flexibility index (Phi) is 10.9. The van der Waals surface area contributed by atoms with Crippen LogP contribution in [-0.2, 0) is 38.8 Å². The summed E-state index contributed by atoms with van der Waals surface area (Å²) < 4.78 is 66.9. The molecule has 1 N–H and O–H groups in total. The lowest BCUT2D eigenvalue weighted by atomic mass is 10.0. The molecule has 2 amide bonds. The van der Waals surface area contributed by atoms with Gasteiger partial charge < -0.3 is 10.2 Å². The van der Waals surface area contributed by atoms with E-state index in [0.717, 1.165) is 24.0 Å². The first-order chi connectivity index (χ1) is 19.6. The standard InChI is InChI=1S/C29H30Cl2F3N3O4S/c1-19(2)35-28(39)26(15-20-8-5-4-6-9-20)36(17-21-10-7-11-22(30)14-21)27(38)18-37(42(3,40)41)23-12-13-25(31)24(16-23)29(32,33)34/h4-14,16,19,26H,15,17-18H2,1-3H3,(H,35,39)/t26-/m0/s1. The Labute approximate surface area is 253 Å². The van der Waals surface area contributed by atoms with E-state index in [2.05, 4.69) is 5.32 Å². The van der Waals surface area contributed by atoms with Crippen LogP contribution in [0.3, 0.4) is 0 Å². The minimum absolute atomic E-state index is 0.0870. The number of nitrogens with zero attached hydrogens (tertiary/aromatic N) is 2. The van der Waals surface area contributed by atoms with Gasteiger partial charge in [0.15, 0.2) is 0 Å². The van der Waals surface area contributed by atoms with Gasteiger partial charge in [-0.3, -0.25) is 13.9 Å². The molecule has 0 aliphatic carbocycles. The number of rotatable bonds is 11. The molecule has 0 bridgehead atoms. The Morgan fingerprint density at radius 1 is 0.929 bits per heavy atom. The summed E-state index contributed by atoms with van der Waals surface area (Å²) in [7, 11) is -4.27. The molecule has 0 aliphatic heterocycles. The van der Waals surface area contributed by atoms with Crippen molar-refractivity contribution in [3.05, 3.63) is 99.5 Å². The first-order valence-electron chi connectivity index (χ1n) is 12.8. The molecule has 13 heteroatoms. The molecule has 0 spiro atoms. The van der Waals surface area contributed by atoms with Gasteiger partial charge in [0.05, 0.1) is 22.5 Å². The maximum atomic E-state index is 14.0. The molecular weight excluding hydrogens is 614 g/mol. The minimum Gasteiger partial charge on any atom is -0.352 e. The Bertz CT molecular complexity index is 1520. The summed E-state index contributed by atoms with van der Waals surface area (Å²) in [5.41, 5.74) is -0.367. The van der Waals surface area contributed by atoms with E-state index in [0.29, 0.717) is 21.0 Å². The van der Waals surface area contributed by atoms with E-state index in [4.69, 9.17) is 23.2 Å². The van der Waals surface area contributed by atoms with Crippen LogP contribution in [0.25, 0.3) is 0 Å². The summed E-state index contributed by atoms with van der Waals surface area (Å²) in [5, 5.41) is 2.57. The van der Waals surface area contributed by atoms with Crippen molar-refractivity contribution in [3.63, 3.8) is 0 Å². The zero-order chi connectivity index (χ0) is 31.2. The summed E-state index contributed by atoms with van der Waals surface area (Å²) in [6, 6.07) is 16.7. The maximum Gasteiger partial charge on any atom is 0.417 e. The van der Waals surface area contributed by atoms with E-state index in [1.165, 1.54) is 4.90 Å². The van der Waals surface area contributed by atoms with Gasteiger partial charge in [-0.25, -0.2) is 8.42 Å². The summed E-state index contributed by atoms with van der Waals surface area (Å²) in [5.74, 6) is -1.30. The third kappa shape index (κ3) is 9.11. The molecule has 0 unspecified atom stereocenters. The SMILES string of the molecule is CC(C)NC(=O)[C@H](Cc1ccccc1)N(Cc1cccc(Cl)c1)C(=O)CN(c1ccc(Cl)c(C(F)(F)F)c1)S(C)(=O)=O. The average molecular weight is 645 g/mol. The van der Waals surface area contributed by atoms with Crippen molar-refractivity contribution in [1.82, 2.24) is 10.2 Å². The molecular formula is C29H30Cl2F3N3O4S. The molecule has 0 heterocycles.